The average Bonchev–Trinajstić information content (AvgIpc) is 2.62. The van der Waals surface area contributed by atoms with Crippen molar-refractivity contribution in [2.45, 2.75) is 25.8 Å². The molecule has 1 aliphatic rings. The molecule has 1 N–H and O–H groups in total. The molecule has 0 amide bonds. The minimum atomic E-state index is -0.250. The number of anilines is 2. The summed E-state index contributed by atoms with van der Waals surface area (Å²) in [6, 6.07) is 13.6. The van der Waals surface area contributed by atoms with E-state index in [1.807, 2.05) is 0 Å². The molecule has 3 aromatic rings. The number of nitrogens with one attached hydrogen (secondary N) is 1. The second-order valence-electron chi connectivity index (χ2n) is 6.63. The third-order valence-electron chi connectivity index (χ3n) is 4.76. The second kappa shape index (κ2) is 6.67. The van der Waals surface area contributed by atoms with Crippen LogP contribution in [0, 0.1) is 12.7 Å². The number of piperidine rings is 1. The van der Waals surface area contributed by atoms with Gasteiger partial charge in [-0.25, -0.2) is 14.4 Å². The van der Waals surface area contributed by atoms with E-state index in [1.54, 1.807) is 12.4 Å². The molecular formula is C20H21FN4. The van der Waals surface area contributed by atoms with Crippen molar-refractivity contribution in [3.8, 4) is 0 Å². The molecule has 128 valence electrons. The Balaban J connectivity index is 1.48. The van der Waals surface area contributed by atoms with Crippen molar-refractivity contribution in [1.82, 2.24) is 9.97 Å². The van der Waals surface area contributed by atoms with E-state index >= 15 is 0 Å². The van der Waals surface area contributed by atoms with Gasteiger partial charge in [0.2, 0.25) is 0 Å². The van der Waals surface area contributed by atoms with Crippen LogP contribution in [0.5, 0.6) is 0 Å². The van der Waals surface area contributed by atoms with E-state index in [-0.39, 0.29) is 5.82 Å². The predicted octanol–water partition coefficient (Wildman–Crippen LogP) is 4.16. The van der Waals surface area contributed by atoms with Gasteiger partial charge in [-0.05, 0) is 55.7 Å². The third-order valence-corrected chi connectivity index (χ3v) is 4.76. The first-order valence-corrected chi connectivity index (χ1v) is 8.67. The van der Waals surface area contributed by atoms with Gasteiger partial charge in [-0.3, -0.25) is 0 Å². The van der Waals surface area contributed by atoms with Gasteiger partial charge in [0.25, 0.3) is 0 Å². The highest BCUT2D eigenvalue weighted by Crippen LogP contribution is 2.27. The summed E-state index contributed by atoms with van der Waals surface area (Å²) in [5.74, 6) is 0.582. The smallest absolute Gasteiger partial charge is 0.139 e. The lowest BCUT2D eigenvalue weighted by Crippen LogP contribution is -2.39. The maximum Gasteiger partial charge on any atom is 0.139 e. The Bertz CT molecular complexity index is 888. The summed E-state index contributed by atoms with van der Waals surface area (Å²) >= 11 is 0. The average molecular weight is 336 g/mol. The van der Waals surface area contributed by atoms with E-state index in [1.165, 1.54) is 23.4 Å². The van der Waals surface area contributed by atoms with Crippen molar-refractivity contribution in [1.29, 1.82) is 0 Å². The summed E-state index contributed by atoms with van der Waals surface area (Å²) in [4.78, 5) is 10.9. The lowest BCUT2D eigenvalue weighted by atomic mass is 10.0. The van der Waals surface area contributed by atoms with Crippen LogP contribution in [0.25, 0.3) is 10.9 Å². The van der Waals surface area contributed by atoms with E-state index in [0.29, 0.717) is 6.04 Å². The number of hydrogen-bond acceptors (Lipinski definition) is 4. The number of rotatable bonds is 3. The highest BCUT2D eigenvalue weighted by molar-refractivity contribution is 5.89. The van der Waals surface area contributed by atoms with Crippen LogP contribution in [0.15, 0.2) is 48.8 Å². The van der Waals surface area contributed by atoms with Crippen LogP contribution < -0.4 is 10.2 Å². The first-order valence-electron chi connectivity index (χ1n) is 8.67. The first kappa shape index (κ1) is 15.8. The molecule has 0 saturated carbocycles. The van der Waals surface area contributed by atoms with Crippen molar-refractivity contribution in [2.24, 2.45) is 0 Å². The maximum absolute atomic E-state index is 13.6. The van der Waals surface area contributed by atoms with E-state index in [9.17, 15) is 4.39 Å². The fourth-order valence-electron chi connectivity index (χ4n) is 3.47. The molecule has 0 spiro atoms. The zero-order chi connectivity index (χ0) is 17.2. The van der Waals surface area contributed by atoms with E-state index < -0.39 is 0 Å². The van der Waals surface area contributed by atoms with Crippen LogP contribution in [0.2, 0.25) is 0 Å². The summed E-state index contributed by atoms with van der Waals surface area (Å²) in [6.45, 7) is 3.89. The second-order valence-corrected chi connectivity index (χ2v) is 6.63. The van der Waals surface area contributed by atoms with Gasteiger partial charge < -0.3 is 10.2 Å². The van der Waals surface area contributed by atoms with Gasteiger partial charge >= 0.3 is 0 Å². The molecule has 1 saturated heterocycles. The summed E-state index contributed by atoms with van der Waals surface area (Å²) in [7, 11) is 0. The molecule has 1 fully saturated rings. The Labute approximate surface area is 146 Å². The Morgan fingerprint density at radius 3 is 2.72 bits per heavy atom. The highest BCUT2D eigenvalue weighted by Gasteiger charge is 2.21. The number of halogens is 1. The van der Waals surface area contributed by atoms with E-state index in [2.05, 4.69) is 51.4 Å². The molecule has 1 aromatic heterocycles. The monoisotopic (exact) mass is 336 g/mol. The van der Waals surface area contributed by atoms with Crippen molar-refractivity contribution in [3.05, 3.63) is 60.2 Å². The van der Waals surface area contributed by atoms with Gasteiger partial charge in [0.05, 0.1) is 5.52 Å². The Morgan fingerprint density at radius 2 is 1.92 bits per heavy atom. The molecule has 0 bridgehead atoms. The van der Waals surface area contributed by atoms with Crippen molar-refractivity contribution in [2.75, 3.05) is 23.3 Å². The lowest BCUT2D eigenvalue weighted by Gasteiger charge is -2.34. The molecule has 5 heteroatoms. The van der Waals surface area contributed by atoms with Crippen molar-refractivity contribution >= 4 is 22.4 Å². The van der Waals surface area contributed by atoms with Crippen LogP contribution in [0.3, 0.4) is 0 Å². The van der Waals surface area contributed by atoms with Gasteiger partial charge in [-0.2, -0.15) is 0 Å². The quantitative estimate of drug-likeness (QED) is 0.780. The van der Waals surface area contributed by atoms with Gasteiger partial charge in [-0.15, -0.1) is 0 Å². The maximum atomic E-state index is 13.6. The molecular weight excluding hydrogens is 315 g/mol. The molecule has 2 aromatic carbocycles. The Hall–Kier alpha value is -2.69. The first-order chi connectivity index (χ1) is 12.2. The molecule has 0 radical (unpaired) electrons. The van der Waals surface area contributed by atoms with Crippen LogP contribution in [0.1, 0.15) is 18.4 Å². The molecule has 0 unspecified atom stereocenters. The molecule has 25 heavy (non-hydrogen) atoms. The summed E-state index contributed by atoms with van der Waals surface area (Å²) in [6.07, 6.45) is 3.61. The number of aromatic nitrogens is 2. The highest BCUT2D eigenvalue weighted by atomic mass is 19.1. The van der Waals surface area contributed by atoms with Gasteiger partial charge in [0.1, 0.15) is 18.0 Å². The fourth-order valence-corrected chi connectivity index (χ4v) is 3.47. The van der Waals surface area contributed by atoms with Gasteiger partial charge in [-0.1, -0.05) is 12.1 Å². The van der Waals surface area contributed by atoms with Crippen molar-refractivity contribution in [3.63, 3.8) is 0 Å². The van der Waals surface area contributed by atoms with Gasteiger partial charge in [0.15, 0.2) is 0 Å². The predicted molar refractivity (Wildman–Crippen MR) is 99.5 cm³/mol. The summed E-state index contributed by atoms with van der Waals surface area (Å²) in [5, 5.41) is 4.41. The molecule has 4 rings (SSSR count). The molecule has 4 nitrogen and oxygen atoms in total. The third kappa shape index (κ3) is 3.40. The SMILES string of the molecule is Cc1cccc(NC2CCN(c3ncnc4ccc(F)cc34)CC2)c1. The lowest BCUT2D eigenvalue weighted by molar-refractivity contribution is 0.524. The molecule has 0 atom stereocenters. The zero-order valence-electron chi connectivity index (χ0n) is 14.2. The van der Waals surface area contributed by atoms with Gasteiger partial charge in [0, 0.05) is 30.2 Å². The van der Waals surface area contributed by atoms with Crippen LogP contribution in [0.4, 0.5) is 15.9 Å². The fraction of sp³-hybridized carbons (Fsp3) is 0.300. The molecule has 0 aliphatic carbocycles. The summed E-state index contributed by atoms with van der Waals surface area (Å²) < 4.78 is 13.6. The standard InChI is InChI=1S/C20H21FN4/c1-14-3-2-4-17(11-14)24-16-7-9-25(10-8-16)20-18-12-15(21)5-6-19(18)22-13-23-20/h2-6,11-13,16,24H,7-10H2,1H3. The van der Waals surface area contributed by atoms with E-state index in [0.717, 1.165) is 42.7 Å². The largest absolute Gasteiger partial charge is 0.382 e. The summed E-state index contributed by atoms with van der Waals surface area (Å²) in [5.41, 5.74) is 3.22. The van der Waals surface area contributed by atoms with Crippen molar-refractivity contribution < 1.29 is 4.39 Å². The van der Waals surface area contributed by atoms with Crippen LogP contribution in [-0.2, 0) is 0 Å². The normalized spacial score (nSPS) is 15.5. The zero-order valence-corrected chi connectivity index (χ0v) is 14.2. The molecule has 1 aliphatic heterocycles. The Kier molecular flexibility index (Phi) is 4.22. The van der Waals surface area contributed by atoms with Crippen LogP contribution >= 0.6 is 0 Å². The van der Waals surface area contributed by atoms with Crippen LogP contribution in [-0.4, -0.2) is 29.1 Å². The Morgan fingerprint density at radius 1 is 1.08 bits per heavy atom. The van der Waals surface area contributed by atoms with E-state index in [4.69, 9.17) is 0 Å². The number of nitrogens with zero attached hydrogens (tertiary/aromatic N) is 3. The number of hydrogen-bond donors (Lipinski definition) is 1. The molecule has 2 heterocycles. The number of fused-ring (bicyclic) bond motifs is 1. The minimum Gasteiger partial charge on any atom is -0.382 e. The minimum absolute atomic E-state index is 0.250. The topological polar surface area (TPSA) is 41.0 Å². The number of benzene rings is 2. The number of aryl methyl sites for hydroxylation is 1.